The molecule has 1 aliphatic rings. The lowest BCUT2D eigenvalue weighted by atomic mass is 10.2. The van der Waals surface area contributed by atoms with E-state index in [4.69, 9.17) is 24.7 Å². The van der Waals surface area contributed by atoms with Gasteiger partial charge < -0.3 is 29.5 Å². The summed E-state index contributed by atoms with van der Waals surface area (Å²) in [6.07, 6.45) is 3.07. The van der Waals surface area contributed by atoms with Crippen LogP contribution in [0.2, 0.25) is 0 Å². The predicted octanol–water partition coefficient (Wildman–Crippen LogP) is 0.977. The predicted molar refractivity (Wildman–Crippen MR) is 113 cm³/mol. The molecule has 0 aromatic carbocycles. The molecule has 1 aromatic heterocycles. The third-order valence-electron chi connectivity index (χ3n) is 4.19. The molecule has 1 aromatic rings. The Morgan fingerprint density at radius 3 is 2.19 bits per heavy atom. The number of hydrogen-bond acceptors (Lipinski definition) is 9. The lowest BCUT2D eigenvalue weighted by Crippen LogP contribution is -2.38. The molecule has 0 unspecified atom stereocenters. The first-order valence-electron chi connectivity index (χ1n) is 10.0. The number of carbonyl (C=O) groups is 3. The van der Waals surface area contributed by atoms with Crippen LogP contribution in [0.25, 0.3) is 0 Å². The minimum Gasteiger partial charge on any atom is -0.478 e. The molecule has 1 fully saturated rings. The van der Waals surface area contributed by atoms with Crippen LogP contribution in [0.3, 0.4) is 0 Å². The SMILES string of the molecule is CCOC(=O)Cc1cnc(N2CCOCC2)nc1N(CC)CC.O=C(O)/C=C\C(=O)O. The van der Waals surface area contributed by atoms with Crippen molar-refractivity contribution < 1.29 is 34.1 Å². The van der Waals surface area contributed by atoms with Gasteiger partial charge in [-0.2, -0.15) is 4.98 Å². The van der Waals surface area contributed by atoms with Crippen molar-refractivity contribution in [3.05, 3.63) is 23.9 Å². The fraction of sp³-hybridized carbons (Fsp3) is 0.550. The molecule has 2 N–H and O–H groups in total. The average molecular weight is 438 g/mol. The van der Waals surface area contributed by atoms with Gasteiger partial charge in [0, 0.05) is 50.1 Å². The van der Waals surface area contributed by atoms with Gasteiger partial charge in [0.25, 0.3) is 0 Å². The fourth-order valence-electron chi connectivity index (χ4n) is 2.74. The Balaban J connectivity index is 0.000000512. The number of carboxylic acid groups (broad SMARTS) is 2. The number of ether oxygens (including phenoxy) is 2. The van der Waals surface area contributed by atoms with E-state index in [1.54, 1.807) is 13.1 Å². The highest BCUT2D eigenvalue weighted by Gasteiger charge is 2.19. The van der Waals surface area contributed by atoms with Crippen molar-refractivity contribution >= 4 is 29.7 Å². The van der Waals surface area contributed by atoms with Gasteiger partial charge in [0.2, 0.25) is 5.95 Å². The summed E-state index contributed by atoms with van der Waals surface area (Å²) in [6.45, 7) is 10.9. The van der Waals surface area contributed by atoms with Crippen molar-refractivity contribution in [1.82, 2.24) is 9.97 Å². The van der Waals surface area contributed by atoms with E-state index in [0.29, 0.717) is 37.9 Å². The summed E-state index contributed by atoms with van der Waals surface area (Å²) in [5.74, 6) is -1.24. The van der Waals surface area contributed by atoms with Gasteiger partial charge in [0.15, 0.2) is 0 Å². The van der Waals surface area contributed by atoms with Crippen LogP contribution in [0.15, 0.2) is 18.3 Å². The van der Waals surface area contributed by atoms with Gasteiger partial charge in [-0.25, -0.2) is 14.6 Å². The Kier molecular flexibility index (Phi) is 11.6. The second-order valence-corrected chi connectivity index (χ2v) is 6.28. The Morgan fingerprint density at radius 1 is 1.13 bits per heavy atom. The Morgan fingerprint density at radius 2 is 1.71 bits per heavy atom. The number of carbonyl (C=O) groups excluding carboxylic acids is 1. The number of nitrogens with zero attached hydrogens (tertiary/aromatic N) is 4. The molecule has 0 aliphatic carbocycles. The zero-order chi connectivity index (χ0) is 23.2. The molecule has 0 amide bonds. The Bertz CT molecular complexity index is 744. The topological polar surface area (TPSA) is 142 Å². The van der Waals surface area contributed by atoms with Crippen molar-refractivity contribution in [1.29, 1.82) is 0 Å². The molecule has 31 heavy (non-hydrogen) atoms. The maximum Gasteiger partial charge on any atom is 0.328 e. The van der Waals surface area contributed by atoms with Crippen molar-refractivity contribution in [3.8, 4) is 0 Å². The van der Waals surface area contributed by atoms with Gasteiger partial charge in [-0.1, -0.05) is 0 Å². The molecule has 2 rings (SSSR count). The van der Waals surface area contributed by atoms with Crippen molar-refractivity contribution in [2.45, 2.75) is 27.2 Å². The molecule has 0 bridgehead atoms. The van der Waals surface area contributed by atoms with Crippen LogP contribution in [-0.2, 0) is 30.3 Å². The van der Waals surface area contributed by atoms with E-state index in [2.05, 4.69) is 28.6 Å². The number of hydrogen-bond donors (Lipinski definition) is 2. The summed E-state index contributed by atoms with van der Waals surface area (Å²) in [5, 5.41) is 15.6. The zero-order valence-corrected chi connectivity index (χ0v) is 18.1. The van der Waals surface area contributed by atoms with Gasteiger partial charge in [-0.05, 0) is 20.8 Å². The number of morpholine rings is 1. The Hall–Kier alpha value is -3.21. The molecular weight excluding hydrogens is 408 g/mol. The molecule has 1 aliphatic heterocycles. The smallest absolute Gasteiger partial charge is 0.328 e. The summed E-state index contributed by atoms with van der Waals surface area (Å²) in [4.78, 5) is 44.4. The minimum atomic E-state index is -1.26. The van der Waals surface area contributed by atoms with Crippen LogP contribution in [0.5, 0.6) is 0 Å². The highest BCUT2D eigenvalue weighted by atomic mass is 16.5. The number of aliphatic carboxylic acids is 2. The van der Waals surface area contributed by atoms with Crippen LogP contribution in [-0.4, -0.2) is 84.1 Å². The molecule has 0 spiro atoms. The monoisotopic (exact) mass is 438 g/mol. The molecule has 172 valence electrons. The van der Waals surface area contributed by atoms with Crippen molar-refractivity contribution in [2.24, 2.45) is 0 Å². The first-order valence-corrected chi connectivity index (χ1v) is 10.0. The maximum absolute atomic E-state index is 11.8. The number of carboxylic acids is 2. The molecular formula is C20H30N4O7. The summed E-state index contributed by atoms with van der Waals surface area (Å²) in [5.41, 5.74) is 0.809. The van der Waals surface area contributed by atoms with E-state index in [9.17, 15) is 14.4 Å². The molecule has 1 saturated heterocycles. The summed E-state index contributed by atoms with van der Waals surface area (Å²) >= 11 is 0. The lowest BCUT2D eigenvalue weighted by molar-refractivity contribution is -0.142. The van der Waals surface area contributed by atoms with Crippen LogP contribution >= 0.6 is 0 Å². The maximum atomic E-state index is 11.8. The fourth-order valence-corrected chi connectivity index (χ4v) is 2.74. The van der Waals surface area contributed by atoms with Gasteiger partial charge in [0.05, 0.1) is 26.2 Å². The molecule has 0 atom stereocenters. The zero-order valence-electron chi connectivity index (χ0n) is 18.1. The van der Waals surface area contributed by atoms with Gasteiger partial charge >= 0.3 is 17.9 Å². The molecule has 0 radical (unpaired) electrons. The first kappa shape index (κ1) is 25.8. The quantitative estimate of drug-likeness (QED) is 0.421. The number of rotatable bonds is 9. The highest BCUT2D eigenvalue weighted by molar-refractivity contribution is 5.89. The van der Waals surface area contributed by atoms with Crippen LogP contribution in [0.1, 0.15) is 26.3 Å². The molecule has 11 nitrogen and oxygen atoms in total. The molecule has 11 heteroatoms. The van der Waals surface area contributed by atoms with Crippen LogP contribution in [0.4, 0.5) is 11.8 Å². The second-order valence-electron chi connectivity index (χ2n) is 6.28. The average Bonchev–Trinajstić information content (AvgIpc) is 2.75. The Labute approximate surface area is 181 Å². The number of aromatic nitrogens is 2. The number of esters is 1. The van der Waals surface area contributed by atoms with Crippen LogP contribution in [0, 0.1) is 0 Å². The normalized spacial score (nSPS) is 13.3. The standard InChI is InChI=1S/C16H26N4O3.C4H4O4/c1-4-19(5-2)15-13(11-14(21)23-6-3)12-17-16(18-15)20-7-9-22-10-8-20;5-3(6)1-2-4(7)8/h12H,4-11H2,1-3H3;1-2H,(H,5,6)(H,7,8)/b;2-1-. The van der Waals surface area contributed by atoms with E-state index in [0.717, 1.165) is 37.6 Å². The largest absolute Gasteiger partial charge is 0.478 e. The van der Waals surface area contributed by atoms with Gasteiger partial charge in [-0.3, -0.25) is 4.79 Å². The minimum absolute atomic E-state index is 0.197. The third-order valence-corrected chi connectivity index (χ3v) is 4.19. The first-order chi connectivity index (χ1) is 14.8. The summed E-state index contributed by atoms with van der Waals surface area (Å²) in [6, 6.07) is 0. The van der Waals surface area contributed by atoms with E-state index < -0.39 is 11.9 Å². The van der Waals surface area contributed by atoms with Gasteiger partial charge in [0.1, 0.15) is 5.82 Å². The van der Waals surface area contributed by atoms with Gasteiger partial charge in [-0.15, -0.1) is 0 Å². The van der Waals surface area contributed by atoms with Crippen molar-refractivity contribution in [3.63, 3.8) is 0 Å². The molecule has 2 heterocycles. The third kappa shape index (κ3) is 9.43. The van der Waals surface area contributed by atoms with E-state index in [1.807, 2.05) is 0 Å². The number of anilines is 2. The second kappa shape index (κ2) is 13.9. The summed E-state index contributed by atoms with van der Waals surface area (Å²) < 4.78 is 10.4. The lowest BCUT2D eigenvalue weighted by Gasteiger charge is -2.29. The van der Waals surface area contributed by atoms with E-state index in [-0.39, 0.29) is 12.4 Å². The summed E-state index contributed by atoms with van der Waals surface area (Å²) in [7, 11) is 0. The molecule has 0 saturated carbocycles. The highest BCUT2D eigenvalue weighted by Crippen LogP contribution is 2.22. The van der Waals surface area contributed by atoms with E-state index >= 15 is 0 Å². The van der Waals surface area contributed by atoms with Crippen molar-refractivity contribution in [2.75, 3.05) is 55.8 Å². The van der Waals surface area contributed by atoms with E-state index in [1.165, 1.54) is 0 Å². The van der Waals surface area contributed by atoms with Crippen LogP contribution < -0.4 is 9.80 Å².